The highest BCUT2D eigenvalue weighted by Gasteiger charge is 2.53. The summed E-state index contributed by atoms with van der Waals surface area (Å²) in [7, 11) is 8.35. The second kappa shape index (κ2) is 7.40. The molecule has 1 aliphatic rings. The van der Waals surface area contributed by atoms with E-state index in [4.69, 9.17) is 17.4 Å². The molecule has 2 atom stereocenters. The van der Waals surface area contributed by atoms with Gasteiger partial charge in [-0.05, 0) is 20.6 Å². The predicted octanol–water partition coefficient (Wildman–Crippen LogP) is 5.37. The Balaban J connectivity index is 2.45. The molecule has 8 heteroatoms. The average molecular weight is 371 g/mol. The van der Waals surface area contributed by atoms with Gasteiger partial charge in [-0.2, -0.15) is 0 Å². The lowest BCUT2D eigenvalue weighted by Crippen LogP contribution is -2.43. The molecule has 2 N–H and O–H groups in total. The molecule has 1 fully saturated rings. The Morgan fingerprint density at radius 3 is 2.61 bits per heavy atom. The first kappa shape index (κ1) is 15.8. The fraction of sp³-hybridized carbons (Fsp3) is 0.300. The first-order valence-electron chi connectivity index (χ1n) is 5.15. The molecule has 0 amide bonds. The molecule has 1 heterocycles. The number of thiocarbonyl (C=S) groups is 1. The minimum absolute atomic E-state index is 0.188. The van der Waals surface area contributed by atoms with Crippen molar-refractivity contribution < 1.29 is 0 Å². The van der Waals surface area contributed by atoms with Gasteiger partial charge >= 0.3 is 0 Å². The van der Waals surface area contributed by atoms with Crippen LogP contribution in [-0.4, -0.2) is 4.20 Å². The Bertz CT molecular complexity index is 412. The molecule has 2 unspecified atom stereocenters. The van der Waals surface area contributed by atoms with Crippen LogP contribution < -0.4 is 5.14 Å². The van der Waals surface area contributed by atoms with E-state index < -0.39 is 0 Å². The van der Waals surface area contributed by atoms with E-state index in [0.717, 1.165) is 10.6 Å². The molecule has 0 radical (unpaired) electrons. The Labute approximate surface area is 134 Å². The first-order valence-corrected chi connectivity index (χ1v) is 13.5. The largest absolute Gasteiger partial charge is 0.226 e. The monoisotopic (exact) mass is 370 g/mol. The molecule has 98 valence electrons. The molecule has 1 nitrogen and oxygen atoms in total. The van der Waals surface area contributed by atoms with E-state index in [-0.39, 0.29) is 14.9 Å². The van der Waals surface area contributed by atoms with Crippen molar-refractivity contribution in [2.24, 2.45) is 5.14 Å². The van der Waals surface area contributed by atoms with Crippen LogP contribution in [0.5, 0.6) is 0 Å². The Morgan fingerprint density at radius 1 is 1.22 bits per heavy atom. The number of nitrogens with two attached hydrogens (primary N) is 1. The molecule has 1 aromatic rings. The van der Waals surface area contributed by atoms with Gasteiger partial charge in [0.05, 0.1) is 0 Å². The van der Waals surface area contributed by atoms with Crippen LogP contribution in [0.25, 0.3) is 0 Å². The van der Waals surface area contributed by atoms with E-state index in [1.54, 1.807) is 50.1 Å². The van der Waals surface area contributed by atoms with Crippen molar-refractivity contribution in [2.75, 3.05) is 0 Å². The zero-order chi connectivity index (χ0) is 13.0. The standard InChI is InChI=1S/C10H12NS7/c1-2-10(8-6-4-3-5-7-8)9(12)13-14-15-16-17-18(10)11/h3-7H,2,11H2,1H3/q+1. The SMILES string of the molecule is CCC1(c2ccccc2)C(=S)SSSSS[S+]1N. The molecule has 0 spiro atoms. The maximum Gasteiger partial charge on any atom is 0.226 e. The zero-order valence-corrected chi connectivity index (χ0v) is 15.2. The molecule has 1 saturated heterocycles. The van der Waals surface area contributed by atoms with Gasteiger partial charge in [0.25, 0.3) is 0 Å². The van der Waals surface area contributed by atoms with E-state index in [1.165, 1.54) is 5.56 Å². The van der Waals surface area contributed by atoms with Gasteiger partial charge in [-0.3, -0.25) is 0 Å². The van der Waals surface area contributed by atoms with Gasteiger partial charge in [0, 0.05) is 31.6 Å². The van der Waals surface area contributed by atoms with Gasteiger partial charge in [0.2, 0.25) is 4.75 Å². The molecule has 18 heavy (non-hydrogen) atoms. The van der Waals surface area contributed by atoms with Crippen LogP contribution in [0.4, 0.5) is 0 Å². The zero-order valence-electron chi connectivity index (χ0n) is 9.53. The van der Waals surface area contributed by atoms with Crippen LogP contribution >= 0.6 is 62.3 Å². The average Bonchev–Trinajstić information content (AvgIpc) is 2.39. The minimum atomic E-state index is -0.313. The fourth-order valence-electron chi connectivity index (χ4n) is 1.74. The highest BCUT2D eigenvalue weighted by molar-refractivity contribution is 9.42. The number of hydrogen-bond acceptors (Lipinski definition) is 7. The van der Waals surface area contributed by atoms with E-state index in [9.17, 15) is 0 Å². The molecule has 0 bridgehead atoms. The van der Waals surface area contributed by atoms with Crippen molar-refractivity contribution in [1.29, 1.82) is 0 Å². The highest BCUT2D eigenvalue weighted by atomic mass is 33.9. The van der Waals surface area contributed by atoms with E-state index in [0.29, 0.717) is 0 Å². The maximum absolute atomic E-state index is 6.46. The van der Waals surface area contributed by atoms with Crippen LogP contribution in [0, 0.1) is 0 Å². The van der Waals surface area contributed by atoms with Crippen molar-refractivity contribution in [1.82, 2.24) is 0 Å². The van der Waals surface area contributed by atoms with E-state index in [2.05, 4.69) is 31.2 Å². The molecular weight excluding hydrogens is 359 g/mol. The minimum Gasteiger partial charge on any atom is -0.138 e. The molecule has 0 saturated carbocycles. The third-order valence-electron chi connectivity index (χ3n) is 2.68. The molecular formula is C10H12NS7+. The van der Waals surface area contributed by atoms with Gasteiger partial charge in [0.15, 0.2) is 19.9 Å². The molecule has 2 rings (SSSR count). The van der Waals surface area contributed by atoms with Crippen LogP contribution in [-0.2, 0) is 14.9 Å². The first-order chi connectivity index (χ1) is 8.71. The van der Waals surface area contributed by atoms with Crippen LogP contribution in [0.2, 0.25) is 0 Å². The summed E-state index contributed by atoms with van der Waals surface area (Å²) in [6.07, 6.45) is 0.946. The third kappa shape index (κ3) is 3.16. The van der Waals surface area contributed by atoms with Gasteiger partial charge in [-0.1, -0.05) is 49.5 Å². The summed E-state index contributed by atoms with van der Waals surface area (Å²) in [5.41, 5.74) is 1.25. The van der Waals surface area contributed by atoms with Crippen molar-refractivity contribution in [3.8, 4) is 0 Å². The summed E-state index contributed by atoms with van der Waals surface area (Å²) >= 11 is 5.68. The summed E-state index contributed by atoms with van der Waals surface area (Å²) in [6, 6.07) is 10.5. The predicted molar refractivity (Wildman–Crippen MR) is 101 cm³/mol. The fourth-order valence-corrected chi connectivity index (χ4v) is 17.7. The van der Waals surface area contributed by atoms with Gasteiger partial charge in [-0.15, -0.1) is 5.14 Å². The van der Waals surface area contributed by atoms with E-state index >= 15 is 0 Å². The highest BCUT2D eigenvalue weighted by Crippen LogP contribution is 2.59. The number of hydrogen-bond donors (Lipinski definition) is 1. The topological polar surface area (TPSA) is 26.0 Å². The second-order valence-electron chi connectivity index (χ2n) is 3.49. The smallest absolute Gasteiger partial charge is 0.138 e. The molecule has 0 aliphatic carbocycles. The van der Waals surface area contributed by atoms with Crippen molar-refractivity contribution in [2.45, 2.75) is 18.1 Å². The molecule has 1 aromatic carbocycles. The summed E-state index contributed by atoms with van der Waals surface area (Å²) in [6.45, 7) is 2.18. The van der Waals surface area contributed by atoms with Crippen molar-refractivity contribution >= 4 is 76.6 Å². The lowest BCUT2D eigenvalue weighted by Gasteiger charge is -2.29. The Hall–Kier alpha value is 1.37. The summed E-state index contributed by atoms with van der Waals surface area (Å²) < 4.78 is 0.819. The van der Waals surface area contributed by atoms with Crippen LogP contribution in [0.3, 0.4) is 0 Å². The van der Waals surface area contributed by atoms with Gasteiger partial charge in [-0.25, -0.2) is 0 Å². The van der Waals surface area contributed by atoms with Crippen LogP contribution in [0.1, 0.15) is 18.9 Å². The second-order valence-corrected chi connectivity index (χ2v) is 14.7. The maximum atomic E-state index is 6.46. The molecule has 0 aromatic heterocycles. The summed E-state index contributed by atoms with van der Waals surface area (Å²) in [5, 5.41) is 6.46. The third-order valence-corrected chi connectivity index (χ3v) is 16.6. The lowest BCUT2D eigenvalue weighted by molar-refractivity contribution is 0.793. The summed E-state index contributed by atoms with van der Waals surface area (Å²) in [4.78, 5) is 0. The van der Waals surface area contributed by atoms with Crippen molar-refractivity contribution in [3.05, 3.63) is 35.9 Å². The van der Waals surface area contributed by atoms with E-state index in [1.807, 2.05) is 6.07 Å². The summed E-state index contributed by atoms with van der Waals surface area (Å²) in [5.74, 6) is 0. The quantitative estimate of drug-likeness (QED) is 0.425. The normalized spacial score (nSPS) is 29.7. The Morgan fingerprint density at radius 2 is 1.94 bits per heavy atom. The number of rotatable bonds is 2. The van der Waals surface area contributed by atoms with Crippen molar-refractivity contribution in [3.63, 3.8) is 0 Å². The van der Waals surface area contributed by atoms with Crippen LogP contribution in [0.15, 0.2) is 30.3 Å². The number of benzene rings is 1. The lowest BCUT2D eigenvalue weighted by atomic mass is 9.97. The van der Waals surface area contributed by atoms with Gasteiger partial charge < -0.3 is 0 Å². The Kier molecular flexibility index (Phi) is 6.48. The molecule has 1 aliphatic heterocycles. The van der Waals surface area contributed by atoms with Gasteiger partial charge in [0.1, 0.15) is 4.20 Å².